The molecule has 1 aromatic heterocycles. The topological polar surface area (TPSA) is 65.5 Å². The summed E-state index contributed by atoms with van der Waals surface area (Å²) in [5, 5.41) is 12.1. The molecule has 0 spiro atoms. The number of aromatic nitrogens is 1. The van der Waals surface area contributed by atoms with E-state index in [2.05, 4.69) is 10.3 Å². The van der Waals surface area contributed by atoms with Crippen LogP contribution >= 0.6 is 0 Å². The van der Waals surface area contributed by atoms with Crippen LogP contribution in [0.5, 0.6) is 0 Å². The molecule has 2 N–H and O–H groups in total. The molecular weight excluding hydrogens is 297 g/mol. The van der Waals surface area contributed by atoms with Crippen LogP contribution < -0.4 is 10.2 Å². The second-order valence-electron chi connectivity index (χ2n) is 5.57. The summed E-state index contributed by atoms with van der Waals surface area (Å²) in [6.45, 7) is 1.08. The van der Waals surface area contributed by atoms with Gasteiger partial charge in [-0.1, -0.05) is 12.1 Å². The molecule has 2 heterocycles. The largest absolute Gasteiger partial charge is 0.392 e. The molecule has 1 aliphatic heterocycles. The lowest BCUT2D eigenvalue weighted by atomic mass is 10.1. The van der Waals surface area contributed by atoms with E-state index in [4.69, 9.17) is 5.11 Å². The van der Waals surface area contributed by atoms with Crippen LogP contribution in [-0.4, -0.2) is 35.1 Å². The normalized spacial score (nSPS) is 17.3. The lowest BCUT2D eigenvalue weighted by molar-refractivity contribution is 0.0940. The smallest absolute Gasteiger partial charge is 0.251 e. The number of hydrogen-bond acceptors (Lipinski definition) is 4. The van der Waals surface area contributed by atoms with Crippen LogP contribution in [0.25, 0.3) is 0 Å². The number of anilines is 1. The number of halogens is 1. The van der Waals surface area contributed by atoms with Crippen LogP contribution in [-0.2, 0) is 6.61 Å². The number of aliphatic hydroxyl groups excluding tert-OH is 1. The zero-order chi connectivity index (χ0) is 16.2. The number of aliphatic hydroxyl groups is 1. The number of nitrogens with one attached hydrogen (secondary N) is 1. The minimum absolute atomic E-state index is 0.0540. The van der Waals surface area contributed by atoms with Gasteiger partial charge < -0.3 is 15.3 Å². The Balaban J connectivity index is 1.63. The van der Waals surface area contributed by atoms with Crippen molar-refractivity contribution in [1.29, 1.82) is 0 Å². The summed E-state index contributed by atoms with van der Waals surface area (Å²) in [4.78, 5) is 18.2. The maximum Gasteiger partial charge on any atom is 0.251 e. The second kappa shape index (κ2) is 6.75. The second-order valence-corrected chi connectivity index (χ2v) is 5.57. The summed E-state index contributed by atoms with van der Waals surface area (Å²) in [6, 6.07) is 9.77. The number of rotatable bonds is 4. The number of hydrogen-bond donors (Lipinski definition) is 2. The molecule has 1 fully saturated rings. The Bertz CT molecular complexity index is 708. The number of benzene rings is 1. The van der Waals surface area contributed by atoms with Crippen molar-refractivity contribution in [2.75, 3.05) is 18.0 Å². The van der Waals surface area contributed by atoms with E-state index in [9.17, 15) is 9.18 Å². The molecule has 23 heavy (non-hydrogen) atoms. The van der Waals surface area contributed by atoms with Crippen molar-refractivity contribution >= 4 is 11.7 Å². The molecule has 1 saturated heterocycles. The molecule has 0 saturated carbocycles. The zero-order valence-corrected chi connectivity index (χ0v) is 12.6. The Morgan fingerprint density at radius 3 is 3.04 bits per heavy atom. The maximum atomic E-state index is 13.8. The maximum absolute atomic E-state index is 13.8. The van der Waals surface area contributed by atoms with Crippen molar-refractivity contribution in [3.8, 4) is 0 Å². The van der Waals surface area contributed by atoms with E-state index in [0.717, 1.165) is 6.42 Å². The Hall–Kier alpha value is -2.47. The molecule has 5 nitrogen and oxygen atoms in total. The number of amides is 1. The van der Waals surface area contributed by atoms with Gasteiger partial charge in [0, 0.05) is 30.9 Å². The van der Waals surface area contributed by atoms with E-state index in [0.29, 0.717) is 30.0 Å². The highest BCUT2D eigenvalue weighted by atomic mass is 19.1. The van der Waals surface area contributed by atoms with Gasteiger partial charge in [0.25, 0.3) is 5.91 Å². The molecule has 0 radical (unpaired) electrons. The first-order chi connectivity index (χ1) is 11.2. The molecule has 2 aromatic rings. The van der Waals surface area contributed by atoms with Gasteiger partial charge in [-0.25, -0.2) is 9.37 Å². The summed E-state index contributed by atoms with van der Waals surface area (Å²) in [6.07, 6.45) is 2.30. The van der Waals surface area contributed by atoms with E-state index in [-0.39, 0.29) is 24.4 Å². The van der Waals surface area contributed by atoms with Gasteiger partial charge in [-0.15, -0.1) is 0 Å². The van der Waals surface area contributed by atoms with E-state index < -0.39 is 0 Å². The summed E-state index contributed by atoms with van der Waals surface area (Å²) in [7, 11) is 0. The number of nitrogens with zero attached hydrogens (tertiary/aromatic N) is 2. The summed E-state index contributed by atoms with van der Waals surface area (Å²) in [5.41, 5.74) is 1.21. The van der Waals surface area contributed by atoms with Gasteiger partial charge in [0.15, 0.2) is 11.6 Å². The van der Waals surface area contributed by atoms with Crippen LogP contribution in [0, 0.1) is 5.82 Å². The summed E-state index contributed by atoms with van der Waals surface area (Å²) < 4.78 is 13.8. The molecule has 1 unspecified atom stereocenters. The van der Waals surface area contributed by atoms with E-state index in [1.807, 2.05) is 4.90 Å². The van der Waals surface area contributed by atoms with Crippen molar-refractivity contribution in [3.05, 3.63) is 59.5 Å². The number of pyridine rings is 1. The predicted octanol–water partition coefficient (Wildman–Crippen LogP) is 1.72. The average Bonchev–Trinajstić information content (AvgIpc) is 3.03. The third-order valence-corrected chi connectivity index (χ3v) is 3.93. The Kier molecular flexibility index (Phi) is 4.52. The monoisotopic (exact) mass is 315 g/mol. The van der Waals surface area contributed by atoms with Gasteiger partial charge in [-0.3, -0.25) is 4.79 Å². The van der Waals surface area contributed by atoms with Crippen molar-refractivity contribution in [2.24, 2.45) is 0 Å². The average molecular weight is 315 g/mol. The highest BCUT2D eigenvalue weighted by molar-refractivity contribution is 5.94. The highest BCUT2D eigenvalue weighted by Crippen LogP contribution is 2.21. The summed E-state index contributed by atoms with van der Waals surface area (Å²) in [5.74, 6) is -0.213. The molecule has 0 aliphatic carbocycles. The zero-order valence-electron chi connectivity index (χ0n) is 12.6. The highest BCUT2D eigenvalue weighted by Gasteiger charge is 2.26. The van der Waals surface area contributed by atoms with Crippen LogP contribution in [0.3, 0.4) is 0 Å². The minimum Gasteiger partial charge on any atom is -0.392 e. The van der Waals surface area contributed by atoms with Crippen LogP contribution in [0.1, 0.15) is 22.3 Å². The van der Waals surface area contributed by atoms with Gasteiger partial charge in [0.2, 0.25) is 0 Å². The predicted molar refractivity (Wildman–Crippen MR) is 84.6 cm³/mol. The van der Waals surface area contributed by atoms with Crippen LogP contribution in [0.4, 0.5) is 10.2 Å². The molecule has 3 rings (SSSR count). The lowest BCUT2D eigenvalue weighted by Gasteiger charge is -2.18. The molecule has 120 valence electrons. The van der Waals surface area contributed by atoms with Crippen molar-refractivity contribution in [2.45, 2.75) is 19.1 Å². The Morgan fingerprint density at radius 2 is 2.26 bits per heavy atom. The molecular formula is C17H18FN3O2. The quantitative estimate of drug-likeness (QED) is 0.902. The fourth-order valence-electron chi connectivity index (χ4n) is 2.76. The lowest BCUT2D eigenvalue weighted by Crippen LogP contribution is -2.37. The van der Waals surface area contributed by atoms with Gasteiger partial charge in [0.05, 0.1) is 6.61 Å². The molecule has 1 amide bonds. The third-order valence-electron chi connectivity index (χ3n) is 3.93. The van der Waals surface area contributed by atoms with E-state index in [1.165, 1.54) is 6.07 Å². The first-order valence-electron chi connectivity index (χ1n) is 7.53. The third kappa shape index (κ3) is 3.48. The molecule has 1 aromatic carbocycles. The van der Waals surface area contributed by atoms with Crippen LogP contribution in [0.15, 0.2) is 42.6 Å². The SMILES string of the molecule is O=C(NC1CCN(c2ncccc2F)C1)c1cccc(CO)c1. The first kappa shape index (κ1) is 15.4. The van der Waals surface area contributed by atoms with Gasteiger partial charge >= 0.3 is 0 Å². The van der Waals surface area contributed by atoms with Gasteiger partial charge in [-0.05, 0) is 36.2 Å². The number of carbonyl (C=O) groups is 1. The summed E-state index contributed by atoms with van der Waals surface area (Å²) >= 11 is 0. The van der Waals surface area contributed by atoms with Crippen LogP contribution in [0.2, 0.25) is 0 Å². The standard InChI is InChI=1S/C17H18FN3O2/c18-15-5-2-7-19-16(15)21-8-6-14(10-21)20-17(23)13-4-1-3-12(9-13)11-22/h1-5,7,9,14,22H,6,8,10-11H2,(H,20,23). The molecule has 0 bridgehead atoms. The number of carbonyl (C=O) groups excluding carboxylic acids is 1. The fourth-order valence-corrected chi connectivity index (χ4v) is 2.76. The Morgan fingerprint density at radius 1 is 1.39 bits per heavy atom. The van der Waals surface area contributed by atoms with Gasteiger partial charge in [-0.2, -0.15) is 0 Å². The fraction of sp³-hybridized carbons (Fsp3) is 0.294. The van der Waals surface area contributed by atoms with E-state index >= 15 is 0 Å². The van der Waals surface area contributed by atoms with Crippen molar-refractivity contribution in [1.82, 2.24) is 10.3 Å². The van der Waals surface area contributed by atoms with Crippen molar-refractivity contribution in [3.63, 3.8) is 0 Å². The minimum atomic E-state index is -0.352. The van der Waals surface area contributed by atoms with E-state index in [1.54, 1.807) is 36.5 Å². The molecule has 6 heteroatoms. The van der Waals surface area contributed by atoms with Gasteiger partial charge in [0.1, 0.15) is 0 Å². The first-order valence-corrected chi connectivity index (χ1v) is 7.53. The molecule has 1 atom stereocenters. The Labute approximate surface area is 133 Å². The molecule has 1 aliphatic rings. The van der Waals surface area contributed by atoms with Crippen molar-refractivity contribution < 1.29 is 14.3 Å².